The number of nitrogens with two attached hydrogens (primary N) is 1. The summed E-state index contributed by atoms with van der Waals surface area (Å²) in [5.41, 5.74) is 6.49. The van der Waals surface area contributed by atoms with E-state index in [1.54, 1.807) is 11.0 Å². The summed E-state index contributed by atoms with van der Waals surface area (Å²) in [5.74, 6) is -0.157. The van der Waals surface area contributed by atoms with Gasteiger partial charge < -0.3 is 15.7 Å². The van der Waals surface area contributed by atoms with Gasteiger partial charge in [0.05, 0.1) is 24.1 Å². The minimum absolute atomic E-state index is 0.0449. The van der Waals surface area contributed by atoms with Gasteiger partial charge in [0.25, 0.3) is 5.91 Å². The van der Waals surface area contributed by atoms with E-state index in [2.05, 4.69) is 4.98 Å². The molecule has 1 rings (SSSR count). The molecule has 1 aromatic rings. The number of rotatable bonds is 5. The average Bonchev–Trinajstić information content (AvgIpc) is 2.28. The zero-order valence-corrected chi connectivity index (χ0v) is 9.39. The molecule has 0 unspecified atom stereocenters. The molecule has 0 saturated heterocycles. The Kier molecular flexibility index (Phi) is 4.72. The number of anilines is 1. The van der Waals surface area contributed by atoms with E-state index in [1.165, 1.54) is 12.4 Å². The van der Waals surface area contributed by atoms with Crippen LogP contribution in [0, 0.1) is 0 Å². The van der Waals surface area contributed by atoms with Crippen molar-refractivity contribution in [3.05, 3.63) is 24.0 Å². The van der Waals surface area contributed by atoms with Gasteiger partial charge in [0.15, 0.2) is 0 Å². The van der Waals surface area contributed by atoms with Crippen molar-refractivity contribution >= 4 is 11.6 Å². The van der Waals surface area contributed by atoms with Crippen molar-refractivity contribution in [1.82, 2.24) is 9.88 Å². The Hall–Kier alpha value is -1.62. The van der Waals surface area contributed by atoms with Gasteiger partial charge in [-0.15, -0.1) is 0 Å². The highest BCUT2D eigenvalue weighted by Crippen LogP contribution is 2.12. The van der Waals surface area contributed by atoms with Crippen molar-refractivity contribution in [2.45, 2.75) is 13.3 Å². The standard InChI is InChI=1S/C11H17N3O2/c1-2-5-14(6-7-15)11(16)9-3-4-13-8-10(9)12/h3-4,8,15H,2,5-7,12H2,1H3. The van der Waals surface area contributed by atoms with Crippen LogP contribution in [0.4, 0.5) is 5.69 Å². The predicted octanol–water partition coefficient (Wildman–Crippen LogP) is 0.508. The Morgan fingerprint density at radius 3 is 2.88 bits per heavy atom. The number of carbonyl (C=O) groups is 1. The molecule has 0 radical (unpaired) electrons. The average molecular weight is 223 g/mol. The van der Waals surface area contributed by atoms with Crippen LogP contribution in [0.15, 0.2) is 18.5 Å². The first-order valence-corrected chi connectivity index (χ1v) is 5.30. The van der Waals surface area contributed by atoms with Gasteiger partial charge in [-0.05, 0) is 12.5 Å². The molecule has 0 aliphatic heterocycles. The molecule has 0 fully saturated rings. The first kappa shape index (κ1) is 12.4. The maximum absolute atomic E-state index is 12.1. The summed E-state index contributed by atoms with van der Waals surface area (Å²) in [5, 5.41) is 8.89. The van der Waals surface area contributed by atoms with E-state index in [9.17, 15) is 4.79 Å². The first-order valence-electron chi connectivity index (χ1n) is 5.30. The van der Waals surface area contributed by atoms with Crippen LogP contribution in [-0.2, 0) is 0 Å². The highest BCUT2D eigenvalue weighted by atomic mass is 16.3. The van der Waals surface area contributed by atoms with E-state index >= 15 is 0 Å². The third-order valence-corrected chi connectivity index (χ3v) is 2.23. The lowest BCUT2D eigenvalue weighted by Crippen LogP contribution is -2.34. The van der Waals surface area contributed by atoms with Crippen molar-refractivity contribution in [3.8, 4) is 0 Å². The van der Waals surface area contributed by atoms with Gasteiger partial charge in [-0.1, -0.05) is 6.92 Å². The number of amides is 1. The molecule has 0 atom stereocenters. The fraction of sp³-hybridized carbons (Fsp3) is 0.455. The van der Waals surface area contributed by atoms with E-state index in [1.807, 2.05) is 6.92 Å². The molecule has 5 nitrogen and oxygen atoms in total. The van der Waals surface area contributed by atoms with Crippen molar-refractivity contribution in [2.75, 3.05) is 25.4 Å². The summed E-state index contributed by atoms with van der Waals surface area (Å²) in [6, 6.07) is 1.59. The lowest BCUT2D eigenvalue weighted by atomic mass is 10.2. The molecule has 0 aliphatic rings. The lowest BCUT2D eigenvalue weighted by molar-refractivity contribution is 0.0723. The van der Waals surface area contributed by atoms with Crippen LogP contribution >= 0.6 is 0 Å². The van der Waals surface area contributed by atoms with Gasteiger partial charge in [-0.25, -0.2) is 0 Å². The number of nitrogens with zero attached hydrogens (tertiary/aromatic N) is 2. The zero-order valence-electron chi connectivity index (χ0n) is 9.39. The molecule has 0 saturated carbocycles. The number of aliphatic hydroxyl groups excluding tert-OH is 1. The maximum atomic E-state index is 12.1. The van der Waals surface area contributed by atoms with Gasteiger partial charge >= 0.3 is 0 Å². The van der Waals surface area contributed by atoms with E-state index in [0.29, 0.717) is 24.3 Å². The summed E-state index contributed by atoms with van der Waals surface area (Å²) in [6.07, 6.45) is 3.83. The molecule has 88 valence electrons. The minimum Gasteiger partial charge on any atom is -0.397 e. The summed E-state index contributed by atoms with van der Waals surface area (Å²) in [6.45, 7) is 2.87. The second kappa shape index (κ2) is 6.07. The number of nitrogen functional groups attached to an aromatic ring is 1. The molecule has 16 heavy (non-hydrogen) atoms. The van der Waals surface area contributed by atoms with Crippen LogP contribution in [0.5, 0.6) is 0 Å². The first-order chi connectivity index (χ1) is 7.70. The van der Waals surface area contributed by atoms with Crippen LogP contribution in [0.3, 0.4) is 0 Å². The van der Waals surface area contributed by atoms with Crippen molar-refractivity contribution in [2.24, 2.45) is 0 Å². The minimum atomic E-state index is -0.157. The third-order valence-electron chi connectivity index (χ3n) is 2.23. The second-order valence-electron chi connectivity index (χ2n) is 3.48. The molecule has 0 spiro atoms. The summed E-state index contributed by atoms with van der Waals surface area (Å²) in [7, 11) is 0. The number of hydrogen-bond acceptors (Lipinski definition) is 4. The fourth-order valence-corrected chi connectivity index (χ4v) is 1.48. The van der Waals surface area contributed by atoms with Gasteiger partial charge in [-0.3, -0.25) is 9.78 Å². The molecule has 1 heterocycles. The Labute approximate surface area is 94.9 Å². The van der Waals surface area contributed by atoms with Gasteiger partial charge in [0.1, 0.15) is 0 Å². The number of aromatic nitrogens is 1. The molecule has 1 aromatic heterocycles. The number of aliphatic hydroxyl groups is 1. The Morgan fingerprint density at radius 2 is 2.31 bits per heavy atom. The van der Waals surface area contributed by atoms with Crippen LogP contribution in [0.25, 0.3) is 0 Å². The molecule has 0 aliphatic carbocycles. The molecule has 0 aromatic carbocycles. The van der Waals surface area contributed by atoms with E-state index in [4.69, 9.17) is 10.8 Å². The molecule has 3 N–H and O–H groups in total. The molecular formula is C11H17N3O2. The van der Waals surface area contributed by atoms with Crippen LogP contribution in [0.2, 0.25) is 0 Å². The SMILES string of the molecule is CCCN(CCO)C(=O)c1ccncc1N. The van der Waals surface area contributed by atoms with Gasteiger partial charge in [0, 0.05) is 19.3 Å². The summed E-state index contributed by atoms with van der Waals surface area (Å²) < 4.78 is 0. The van der Waals surface area contributed by atoms with Crippen molar-refractivity contribution in [1.29, 1.82) is 0 Å². The van der Waals surface area contributed by atoms with Crippen LogP contribution in [0.1, 0.15) is 23.7 Å². The monoisotopic (exact) mass is 223 g/mol. The van der Waals surface area contributed by atoms with Crippen molar-refractivity contribution < 1.29 is 9.90 Å². The molecule has 0 bridgehead atoms. The lowest BCUT2D eigenvalue weighted by Gasteiger charge is -2.21. The number of pyridine rings is 1. The highest BCUT2D eigenvalue weighted by Gasteiger charge is 2.16. The maximum Gasteiger partial charge on any atom is 0.256 e. The quantitative estimate of drug-likeness (QED) is 0.762. The van der Waals surface area contributed by atoms with Crippen LogP contribution < -0.4 is 5.73 Å². The highest BCUT2D eigenvalue weighted by molar-refractivity contribution is 5.98. The van der Waals surface area contributed by atoms with E-state index in [0.717, 1.165) is 6.42 Å². The van der Waals surface area contributed by atoms with Crippen molar-refractivity contribution in [3.63, 3.8) is 0 Å². The predicted molar refractivity (Wildman–Crippen MR) is 61.9 cm³/mol. The Morgan fingerprint density at radius 1 is 1.56 bits per heavy atom. The molecule has 5 heteroatoms. The second-order valence-corrected chi connectivity index (χ2v) is 3.48. The topological polar surface area (TPSA) is 79.5 Å². The van der Waals surface area contributed by atoms with E-state index in [-0.39, 0.29) is 12.5 Å². The number of carbonyl (C=O) groups excluding carboxylic acids is 1. The summed E-state index contributed by atoms with van der Waals surface area (Å²) >= 11 is 0. The molecule has 1 amide bonds. The van der Waals surface area contributed by atoms with Gasteiger partial charge in [-0.2, -0.15) is 0 Å². The third kappa shape index (κ3) is 2.93. The zero-order chi connectivity index (χ0) is 12.0. The smallest absolute Gasteiger partial charge is 0.256 e. The normalized spacial score (nSPS) is 10.1. The Bertz CT molecular complexity index is 349. The largest absolute Gasteiger partial charge is 0.397 e. The van der Waals surface area contributed by atoms with Crippen LogP contribution in [-0.4, -0.2) is 40.6 Å². The summed E-state index contributed by atoms with van der Waals surface area (Å²) in [4.78, 5) is 17.5. The van der Waals surface area contributed by atoms with E-state index < -0.39 is 0 Å². The molecular weight excluding hydrogens is 206 g/mol. The Balaban J connectivity index is 2.85. The van der Waals surface area contributed by atoms with Gasteiger partial charge in [0.2, 0.25) is 0 Å². The number of hydrogen-bond donors (Lipinski definition) is 2. The fourth-order valence-electron chi connectivity index (χ4n) is 1.48.